The van der Waals surface area contributed by atoms with Crippen molar-refractivity contribution in [3.63, 3.8) is 0 Å². The fourth-order valence-corrected chi connectivity index (χ4v) is 11.6. The predicted molar refractivity (Wildman–Crippen MR) is 293 cm³/mol. The van der Waals surface area contributed by atoms with Crippen LogP contribution in [0.5, 0.6) is 0 Å². The van der Waals surface area contributed by atoms with Crippen LogP contribution in [0.15, 0.2) is 72.9 Å². The van der Waals surface area contributed by atoms with Crippen molar-refractivity contribution in [1.82, 2.24) is 50.2 Å². The molecule has 2 aromatic carbocycles. The molecule has 5 heterocycles. The summed E-state index contributed by atoms with van der Waals surface area (Å²) >= 11 is 1.50. The van der Waals surface area contributed by atoms with Gasteiger partial charge in [-0.25, -0.2) is 23.1 Å². The van der Waals surface area contributed by atoms with Crippen LogP contribution in [0, 0.1) is 37.5 Å². The molecule has 0 unspecified atom stereocenters. The van der Waals surface area contributed by atoms with Gasteiger partial charge in [-0.1, -0.05) is 81.6 Å². The molecule has 1 aliphatic heterocycles. The molecule has 8 rings (SSSR count). The molecule has 0 spiro atoms. The number of fused-ring (bicyclic) bond motifs is 1. The van der Waals surface area contributed by atoms with E-state index in [-0.39, 0.29) is 44.5 Å². The second-order valence-electron chi connectivity index (χ2n) is 20.8. The summed E-state index contributed by atoms with van der Waals surface area (Å²) in [6.07, 6.45) is 12.0. The van der Waals surface area contributed by atoms with Crippen LogP contribution in [-0.4, -0.2) is 110 Å². The highest BCUT2D eigenvalue weighted by Crippen LogP contribution is 2.34. The number of hydrogen-bond donors (Lipinski definition) is 5. The smallest absolute Gasteiger partial charge is 0.284 e. The number of aromatic nitrogens is 6. The van der Waals surface area contributed by atoms with Gasteiger partial charge < -0.3 is 30.9 Å². The van der Waals surface area contributed by atoms with Crippen molar-refractivity contribution in [1.29, 1.82) is 0 Å². The molecule has 0 bridgehead atoms. The number of para-hydroxylation sites is 1. The summed E-state index contributed by atoms with van der Waals surface area (Å²) in [7, 11) is -2.54. The summed E-state index contributed by atoms with van der Waals surface area (Å²) in [5.41, 5.74) is 4.07. The Labute approximate surface area is 447 Å². The lowest BCUT2D eigenvalue weighted by Gasteiger charge is -2.35. The first kappa shape index (κ1) is 55.0. The van der Waals surface area contributed by atoms with Crippen molar-refractivity contribution in [2.75, 3.05) is 29.6 Å². The van der Waals surface area contributed by atoms with Gasteiger partial charge in [0.1, 0.15) is 23.6 Å². The molecule has 1 saturated carbocycles. The van der Waals surface area contributed by atoms with E-state index in [2.05, 4.69) is 41.8 Å². The number of thiazole rings is 1. The Bertz CT molecular complexity index is 3220. The number of aliphatic hydroxyl groups is 1. The molecular weight excluding hydrogens is 1000 g/mol. The maximum absolute atomic E-state index is 14.3. The first-order chi connectivity index (χ1) is 36.3. The van der Waals surface area contributed by atoms with Crippen LogP contribution in [0.4, 0.5) is 22.6 Å². The van der Waals surface area contributed by atoms with Crippen molar-refractivity contribution in [3.8, 4) is 23.5 Å². The van der Waals surface area contributed by atoms with E-state index in [1.54, 1.807) is 75.3 Å². The quantitative estimate of drug-likeness (QED) is 0.0402. The van der Waals surface area contributed by atoms with E-state index in [1.165, 1.54) is 35.5 Å². The number of β-amino-alcohol motifs (C(OH)–C–C–N with tert-alkyl or cyclic N) is 1. The third-order valence-corrected chi connectivity index (χ3v) is 16.3. The number of pyridine rings is 1. The number of nitrogens with zero attached hydrogens (tertiary/aromatic N) is 8. The minimum Gasteiger partial charge on any atom is -0.391 e. The standard InChI is InChI=1S/C55H66N12O7S2/c1-8-36-21-23-37(24-22-36)30-56-51(70)43-29-39(68)33-66(43)53(72)49(55(4,5)6)60-47(69)20-14-15-27-76(73,74)64-52(71)48-40(41-31-57-67(35(41)3)32-38-16-10-9-11-17-38)25-26-45(59-48)65(7)46-28-34(2)50(63-62-46)61-54-58-42-18-12-13-19-44(42)75-54/h1,12-13,18-19,21-26,28,31,38-39,43,49,68H,9-11,14-17,20,27,29-30,32-33H2,2-7H3,(H,56,70)(H,60,69)(H,64,71)(H,58,61,63)/t39-,43+,49-/m1/s1. The van der Waals surface area contributed by atoms with Crippen molar-refractivity contribution in [2.24, 2.45) is 11.3 Å². The average molecular weight is 1070 g/mol. The van der Waals surface area contributed by atoms with Crippen LogP contribution in [0.1, 0.15) is 111 Å². The Morgan fingerprint density at radius 2 is 1.70 bits per heavy atom. The van der Waals surface area contributed by atoms with Crippen LogP contribution >= 0.6 is 11.3 Å². The van der Waals surface area contributed by atoms with Crippen molar-refractivity contribution < 1.29 is 32.7 Å². The Hall–Kier alpha value is -7.28. The van der Waals surface area contributed by atoms with E-state index < -0.39 is 63.0 Å². The predicted octanol–water partition coefficient (Wildman–Crippen LogP) is 7.07. The monoisotopic (exact) mass is 1070 g/mol. The first-order valence-electron chi connectivity index (χ1n) is 25.7. The third kappa shape index (κ3) is 13.4. The van der Waals surface area contributed by atoms with Crippen molar-refractivity contribution in [2.45, 2.75) is 124 Å². The van der Waals surface area contributed by atoms with E-state index in [0.717, 1.165) is 46.4 Å². The molecule has 0 radical (unpaired) electrons. The summed E-state index contributed by atoms with van der Waals surface area (Å²) in [5, 5.41) is 33.8. The van der Waals surface area contributed by atoms with E-state index in [1.807, 2.05) is 48.9 Å². The van der Waals surface area contributed by atoms with Gasteiger partial charge in [-0.05, 0) is 104 Å². The topological polar surface area (TPSA) is 247 Å². The number of amides is 4. The SMILES string of the molecule is C#Cc1ccc(CNC(=O)[C@@H]2C[C@@H](O)CN2C(=O)[C@@H](NC(=O)CCCCS(=O)(=O)NC(=O)c2nc(N(C)c3cc(C)c(Nc4nc5ccccc5s4)nn3)ccc2-c2cnn(CC3CCCCC3)c2C)C(C)(C)C)cc1. The molecule has 6 aromatic rings. The molecule has 19 nitrogen and oxygen atoms in total. The minimum absolute atomic E-state index is 0.00807. The zero-order valence-corrected chi connectivity index (χ0v) is 45.4. The summed E-state index contributed by atoms with van der Waals surface area (Å²) < 4.78 is 32.6. The molecule has 2 aliphatic rings. The third-order valence-electron chi connectivity index (χ3n) is 14.0. The number of benzene rings is 2. The van der Waals surface area contributed by atoms with Crippen LogP contribution < -0.4 is 25.6 Å². The van der Waals surface area contributed by atoms with Crippen molar-refractivity contribution in [3.05, 3.63) is 101 Å². The van der Waals surface area contributed by atoms with Gasteiger partial charge in [0.05, 0.1) is 28.3 Å². The highest BCUT2D eigenvalue weighted by Gasteiger charge is 2.44. The number of nitrogens with one attached hydrogen (secondary N) is 4. The fraction of sp³-hybridized carbons (Fsp3) is 0.436. The van der Waals surface area contributed by atoms with Gasteiger partial charge >= 0.3 is 0 Å². The van der Waals surface area contributed by atoms with Gasteiger partial charge in [0.2, 0.25) is 27.7 Å². The second kappa shape index (κ2) is 23.7. The summed E-state index contributed by atoms with van der Waals surface area (Å²) in [6.45, 7) is 9.98. The average Bonchev–Trinajstić information content (AvgIpc) is 4.12. The maximum atomic E-state index is 14.3. The molecule has 1 aliphatic carbocycles. The number of rotatable bonds is 19. The Morgan fingerprint density at radius 1 is 0.947 bits per heavy atom. The van der Waals surface area contributed by atoms with E-state index in [4.69, 9.17) is 16.5 Å². The molecule has 2 fully saturated rings. The molecular formula is C55H66N12O7S2. The van der Waals surface area contributed by atoms with E-state index in [0.29, 0.717) is 45.2 Å². The number of carbonyl (C=O) groups excluding carboxylic acids is 4. The number of aliphatic hydroxyl groups excluding tert-OH is 1. The summed E-state index contributed by atoms with van der Waals surface area (Å²) in [4.78, 5) is 67.7. The Morgan fingerprint density at radius 3 is 2.41 bits per heavy atom. The number of carbonyl (C=O) groups is 4. The zero-order valence-electron chi connectivity index (χ0n) is 43.8. The molecule has 5 N–H and O–H groups in total. The van der Waals surface area contributed by atoms with Gasteiger partial charge in [0.15, 0.2) is 16.8 Å². The number of anilines is 4. The van der Waals surface area contributed by atoms with Crippen LogP contribution in [0.25, 0.3) is 21.3 Å². The number of likely N-dealkylation sites (tertiary alicyclic amines) is 1. The van der Waals surface area contributed by atoms with E-state index in [9.17, 15) is 32.7 Å². The van der Waals surface area contributed by atoms with Gasteiger partial charge in [-0.2, -0.15) is 5.10 Å². The summed E-state index contributed by atoms with van der Waals surface area (Å²) in [6, 6.07) is 18.2. The molecule has 3 atom stereocenters. The van der Waals surface area contributed by atoms with Crippen LogP contribution in [0.2, 0.25) is 0 Å². The molecule has 76 heavy (non-hydrogen) atoms. The first-order valence-corrected chi connectivity index (χ1v) is 28.1. The molecule has 4 amide bonds. The molecule has 4 aromatic heterocycles. The number of hydrogen-bond acceptors (Lipinski definition) is 15. The summed E-state index contributed by atoms with van der Waals surface area (Å²) in [5.74, 6) is 1.39. The maximum Gasteiger partial charge on any atom is 0.284 e. The second-order valence-corrected chi connectivity index (χ2v) is 23.7. The zero-order chi connectivity index (χ0) is 54.3. The van der Waals surface area contributed by atoms with Gasteiger partial charge in [-0.3, -0.25) is 23.9 Å². The molecule has 400 valence electrons. The minimum atomic E-state index is -4.27. The van der Waals surface area contributed by atoms with Gasteiger partial charge in [0.25, 0.3) is 5.91 Å². The highest BCUT2D eigenvalue weighted by atomic mass is 32.2. The van der Waals surface area contributed by atoms with E-state index >= 15 is 0 Å². The normalized spacial score (nSPS) is 16.5. The lowest BCUT2D eigenvalue weighted by molar-refractivity contribution is -0.144. The van der Waals surface area contributed by atoms with Gasteiger partial charge in [-0.15, -0.1) is 16.6 Å². The number of aryl methyl sites for hydroxylation is 1. The number of terminal acetylenes is 1. The van der Waals surface area contributed by atoms with Crippen molar-refractivity contribution >= 4 is 77.8 Å². The highest BCUT2D eigenvalue weighted by molar-refractivity contribution is 7.90. The Balaban J connectivity index is 0.921. The number of sulfonamides is 1. The van der Waals surface area contributed by atoms with Crippen LogP contribution in [0.3, 0.4) is 0 Å². The largest absolute Gasteiger partial charge is 0.391 e. The van der Waals surface area contributed by atoms with Crippen LogP contribution in [-0.2, 0) is 37.5 Å². The Kier molecular flexibility index (Phi) is 17.2. The fourth-order valence-electron chi connectivity index (χ4n) is 9.64. The molecule has 1 saturated heterocycles. The van der Waals surface area contributed by atoms with Gasteiger partial charge in [0, 0.05) is 61.9 Å². The lowest BCUT2D eigenvalue weighted by Crippen LogP contribution is -2.57. The molecule has 21 heteroatoms. The lowest BCUT2D eigenvalue weighted by atomic mass is 9.85. The number of unbranched alkanes of at least 4 members (excludes halogenated alkanes) is 1.